The lowest BCUT2D eigenvalue weighted by atomic mass is 9.98. The molecule has 8 nitrogen and oxygen atoms in total. The van der Waals surface area contributed by atoms with E-state index in [0.29, 0.717) is 17.9 Å². The number of rotatable bonds is 7. The van der Waals surface area contributed by atoms with Crippen LogP contribution in [0.3, 0.4) is 0 Å². The van der Waals surface area contributed by atoms with Gasteiger partial charge in [-0.3, -0.25) is 10.1 Å². The molecule has 3 aromatic rings. The van der Waals surface area contributed by atoms with E-state index < -0.39 is 47.2 Å². The van der Waals surface area contributed by atoms with Gasteiger partial charge in [-0.15, -0.1) is 0 Å². The second-order valence-electron chi connectivity index (χ2n) is 10.3. The van der Waals surface area contributed by atoms with Gasteiger partial charge < -0.3 is 15.0 Å². The molecule has 230 valence electrons. The number of carbonyl (C=O) groups is 2. The molecule has 3 aromatic carbocycles. The lowest BCUT2D eigenvalue weighted by molar-refractivity contribution is -0.138. The van der Waals surface area contributed by atoms with Gasteiger partial charge in [0.05, 0.1) is 23.8 Å². The Labute approximate surface area is 243 Å². The Morgan fingerprint density at radius 2 is 1.56 bits per heavy atom. The summed E-state index contributed by atoms with van der Waals surface area (Å²) in [4.78, 5) is 29.2. The van der Waals surface area contributed by atoms with Gasteiger partial charge in [-0.2, -0.15) is 31.4 Å². The summed E-state index contributed by atoms with van der Waals surface area (Å²) in [5, 5.41) is 13.4. The van der Waals surface area contributed by atoms with E-state index in [2.05, 4.69) is 5.32 Å². The highest BCUT2D eigenvalue weighted by Crippen LogP contribution is 2.40. The van der Waals surface area contributed by atoms with Gasteiger partial charge in [0.2, 0.25) is 0 Å². The maximum atomic E-state index is 13.9. The second-order valence-corrected chi connectivity index (χ2v) is 10.3. The summed E-state index contributed by atoms with van der Waals surface area (Å²) in [7, 11) is 1.47. The van der Waals surface area contributed by atoms with Crippen LogP contribution in [0.2, 0.25) is 0 Å². The average molecular weight is 611 g/mol. The molecule has 43 heavy (non-hydrogen) atoms. The number of urea groups is 2. The Bertz CT molecular complexity index is 1490. The maximum absolute atomic E-state index is 13.9. The number of halogens is 6. The van der Waals surface area contributed by atoms with E-state index >= 15 is 0 Å². The van der Waals surface area contributed by atoms with Crippen LogP contribution >= 0.6 is 0 Å². The predicted octanol–water partition coefficient (Wildman–Crippen LogP) is 7.25. The number of carbonyl (C=O) groups excluding carboxylic acids is 2. The zero-order valence-corrected chi connectivity index (χ0v) is 23.2. The van der Waals surface area contributed by atoms with Crippen molar-refractivity contribution in [1.82, 2.24) is 9.96 Å². The van der Waals surface area contributed by atoms with Crippen LogP contribution in [0.15, 0.2) is 72.8 Å². The first-order valence-electron chi connectivity index (χ1n) is 12.9. The average Bonchev–Trinajstić information content (AvgIpc) is 3.14. The molecule has 0 aromatic heterocycles. The summed E-state index contributed by atoms with van der Waals surface area (Å²) in [6.45, 7) is 3.03. The number of nitrogens with one attached hydrogen (secondary N) is 1. The Morgan fingerprint density at radius 3 is 2.19 bits per heavy atom. The Balaban J connectivity index is 1.71. The minimum absolute atomic E-state index is 0.0151. The summed E-state index contributed by atoms with van der Waals surface area (Å²) in [6.07, 6.45) is -10.8. The van der Waals surface area contributed by atoms with Crippen LogP contribution in [0, 0.1) is 0 Å². The lowest BCUT2D eigenvalue weighted by Crippen LogP contribution is -2.58. The van der Waals surface area contributed by atoms with E-state index in [0.717, 1.165) is 40.8 Å². The Kier molecular flexibility index (Phi) is 8.54. The van der Waals surface area contributed by atoms with Crippen LogP contribution in [0.1, 0.15) is 30.5 Å². The van der Waals surface area contributed by atoms with Crippen molar-refractivity contribution in [1.29, 1.82) is 0 Å². The first-order chi connectivity index (χ1) is 20.1. The quantitative estimate of drug-likeness (QED) is 0.168. The zero-order valence-electron chi connectivity index (χ0n) is 23.2. The van der Waals surface area contributed by atoms with Gasteiger partial charge in [0.25, 0.3) is 0 Å². The number of hydrogen-bond donors (Lipinski definition) is 2. The van der Waals surface area contributed by atoms with Crippen LogP contribution in [0.5, 0.6) is 5.75 Å². The van der Waals surface area contributed by atoms with Gasteiger partial charge in [-0.1, -0.05) is 30.3 Å². The number of anilines is 2. The summed E-state index contributed by atoms with van der Waals surface area (Å²) in [5.41, 5.74) is -3.39. The molecular weight excluding hydrogens is 582 g/mol. The molecule has 1 saturated heterocycles. The van der Waals surface area contributed by atoms with E-state index in [9.17, 15) is 41.1 Å². The van der Waals surface area contributed by atoms with Gasteiger partial charge in [-0.25, -0.2) is 9.59 Å². The van der Waals surface area contributed by atoms with Gasteiger partial charge in [0.1, 0.15) is 5.75 Å². The molecule has 0 saturated carbocycles. The largest absolute Gasteiger partial charge is 0.496 e. The molecule has 1 unspecified atom stereocenters. The van der Waals surface area contributed by atoms with Crippen molar-refractivity contribution in [2.75, 3.05) is 23.9 Å². The summed E-state index contributed by atoms with van der Waals surface area (Å²) in [5.74, 6) is 0.544. The molecule has 0 radical (unpaired) electrons. The number of methoxy groups -OCH3 is 1. The normalized spacial score (nSPS) is 16.8. The van der Waals surface area contributed by atoms with E-state index in [1.54, 1.807) is 24.3 Å². The van der Waals surface area contributed by atoms with E-state index in [-0.39, 0.29) is 29.4 Å². The van der Waals surface area contributed by atoms with Crippen molar-refractivity contribution in [3.05, 3.63) is 89.5 Å². The number of para-hydroxylation sites is 1. The smallest absolute Gasteiger partial charge is 0.416 e. The number of nitrogens with zero attached hydrogens (tertiary/aromatic N) is 3. The number of alkyl halides is 6. The fourth-order valence-corrected chi connectivity index (χ4v) is 5.02. The number of benzene rings is 3. The van der Waals surface area contributed by atoms with Crippen molar-refractivity contribution in [3.8, 4) is 5.75 Å². The molecule has 1 atom stereocenters. The summed E-state index contributed by atoms with van der Waals surface area (Å²) < 4.78 is 85.6. The molecule has 1 aliphatic rings. The maximum Gasteiger partial charge on any atom is 0.416 e. The fraction of sp³-hybridized carbons (Fsp3) is 0.310. The van der Waals surface area contributed by atoms with Crippen molar-refractivity contribution in [3.63, 3.8) is 0 Å². The molecule has 1 heterocycles. The van der Waals surface area contributed by atoms with E-state index in [1.807, 2.05) is 0 Å². The second kappa shape index (κ2) is 11.7. The van der Waals surface area contributed by atoms with Crippen LogP contribution in [0.25, 0.3) is 0 Å². The zero-order chi connectivity index (χ0) is 31.7. The van der Waals surface area contributed by atoms with Crippen LogP contribution in [-0.4, -0.2) is 52.6 Å². The molecule has 0 bridgehead atoms. The van der Waals surface area contributed by atoms with Gasteiger partial charge in [0.15, 0.2) is 6.17 Å². The first kappa shape index (κ1) is 31.5. The molecular formula is C29H28F6N4O4. The SMILES string of the molecule is COc1ccccc1CCN1C(=O)N(c2cccc(C(F)(F)F)c2)C(N(O)C(=O)Nc2cccc(C(F)(F)F)c2)C1(C)C. The van der Waals surface area contributed by atoms with Gasteiger partial charge >= 0.3 is 24.4 Å². The van der Waals surface area contributed by atoms with Gasteiger partial charge in [0, 0.05) is 17.9 Å². The molecule has 1 fully saturated rings. The standard InChI is InChI=1S/C29H28F6N4O4/c1-27(2)24(39(42)25(40)36-21-11-6-9-19(16-21)28(30,31)32)38(22-12-7-10-20(17-22)29(33,34)35)26(41)37(27)15-14-18-8-4-5-13-23(18)43-3/h4-13,16-17,24,42H,14-15H2,1-3H3,(H,36,40). The highest BCUT2D eigenvalue weighted by atomic mass is 19.4. The van der Waals surface area contributed by atoms with Crippen molar-refractivity contribution >= 4 is 23.4 Å². The van der Waals surface area contributed by atoms with Gasteiger partial charge in [-0.05, 0) is 68.3 Å². The minimum Gasteiger partial charge on any atom is -0.496 e. The van der Waals surface area contributed by atoms with Crippen molar-refractivity contribution in [2.45, 2.75) is 44.3 Å². The summed E-state index contributed by atoms with van der Waals surface area (Å²) in [6, 6.07) is 12.4. The van der Waals surface area contributed by atoms with E-state index in [4.69, 9.17) is 4.74 Å². The van der Waals surface area contributed by atoms with Crippen LogP contribution < -0.4 is 15.0 Å². The van der Waals surface area contributed by atoms with Crippen molar-refractivity contribution in [2.24, 2.45) is 0 Å². The molecule has 0 spiro atoms. The first-order valence-corrected chi connectivity index (χ1v) is 12.9. The predicted molar refractivity (Wildman–Crippen MR) is 145 cm³/mol. The molecule has 4 rings (SSSR count). The minimum atomic E-state index is -4.76. The molecule has 14 heteroatoms. The molecule has 1 aliphatic heterocycles. The number of ether oxygens (including phenoxy) is 1. The highest BCUT2D eigenvalue weighted by molar-refractivity contribution is 5.98. The lowest BCUT2D eigenvalue weighted by Gasteiger charge is -2.38. The molecule has 0 aliphatic carbocycles. The molecule has 4 amide bonds. The highest BCUT2D eigenvalue weighted by Gasteiger charge is 2.56. The fourth-order valence-electron chi connectivity index (χ4n) is 5.02. The Hall–Kier alpha value is -4.46. The third-order valence-electron chi connectivity index (χ3n) is 7.14. The number of amides is 4. The van der Waals surface area contributed by atoms with Crippen LogP contribution in [0.4, 0.5) is 47.3 Å². The topological polar surface area (TPSA) is 85.3 Å². The van der Waals surface area contributed by atoms with Crippen LogP contribution in [-0.2, 0) is 18.8 Å². The number of hydroxylamine groups is 2. The third-order valence-corrected chi connectivity index (χ3v) is 7.14. The summed E-state index contributed by atoms with van der Waals surface area (Å²) >= 11 is 0. The van der Waals surface area contributed by atoms with Crippen molar-refractivity contribution < 1.29 is 45.9 Å². The third kappa shape index (κ3) is 6.48. The van der Waals surface area contributed by atoms with E-state index in [1.165, 1.54) is 31.9 Å². The Morgan fingerprint density at radius 1 is 0.953 bits per heavy atom. The molecule has 2 N–H and O–H groups in total. The monoisotopic (exact) mass is 610 g/mol. The number of hydrogen-bond acceptors (Lipinski definition) is 4.